The number of aliphatic carboxylic acids is 1. The molecule has 0 aromatic rings. The molecule has 0 aromatic heterocycles. The highest BCUT2D eigenvalue weighted by atomic mass is 16.4. The Kier molecular flexibility index (Phi) is 6.42. The molecule has 0 heterocycles. The van der Waals surface area contributed by atoms with Gasteiger partial charge in [0.15, 0.2) is 0 Å². The maximum Gasteiger partial charge on any atom is 0.303 e. The Morgan fingerprint density at radius 2 is 1.73 bits per heavy atom. The summed E-state index contributed by atoms with van der Waals surface area (Å²) in [5.41, 5.74) is -0.431. The standard InChI is InChI=1S/C28H42O5/c1-15(6-9-25(32)33)21-7-8-22-26-20(17(3)30)13-19-12-18(16(2)29)10-11-27(19,4)23(26)14-24(31)28(21,22)5/h15,18-23,26H,6-14H2,1-5H3,(H,32,33)/t15-,18?,19?,20?,21-,22+,23+,26+,27+,28-/m1/s1. The Morgan fingerprint density at radius 1 is 1.03 bits per heavy atom. The lowest BCUT2D eigenvalue weighted by Gasteiger charge is -2.62. The van der Waals surface area contributed by atoms with Gasteiger partial charge in [0.2, 0.25) is 0 Å². The minimum atomic E-state index is -0.777. The maximum atomic E-state index is 13.9. The smallest absolute Gasteiger partial charge is 0.303 e. The summed E-state index contributed by atoms with van der Waals surface area (Å²) in [5.74, 6) is 1.53. The molecule has 4 saturated carbocycles. The number of carboxylic acids is 1. The van der Waals surface area contributed by atoms with Gasteiger partial charge < -0.3 is 5.11 Å². The molecule has 4 fully saturated rings. The number of carbonyl (C=O) groups excluding carboxylic acids is 3. The summed E-state index contributed by atoms with van der Waals surface area (Å²) < 4.78 is 0. The zero-order chi connectivity index (χ0) is 24.3. The number of Topliss-reactive ketones (excluding diaryl/α,β-unsaturated/α-hetero) is 3. The van der Waals surface area contributed by atoms with Crippen molar-refractivity contribution in [3.05, 3.63) is 0 Å². The Bertz CT molecular complexity index is 847. The average molecular weight is 459 g/mol. The number of carboxylic acid groups (broad SMARTS) is 1. The van der Waals surface area contributed by atoms with Crippen LogP contribution in [0.3, 0.4) is 0 Å². The molecule has 33 heavy (non-hydrogen) atoms. The van der Waals surface area contributed by atoms with Crippen molar-refractivity contribution in [2.75, 3.05) is 0 Å². The highest BCUT2D eigenvalue weighted by molar-refractivity contribution is 5.88. The molecule has 0 amide bonds. The second-order valence-corrected chi connectivity index (χ2v) is 12.5. The molecule has 1 N–H and O–H groups in total. The fourth-order valence-electron chi connectivity index (χ4n) is 9.28. The van der Waals surface area contributed by atoms with E-state index in [1.807, 2.05) is 0 Å². The van der Waals surface area contributed by atoms with E-state index < -0.39 is 11.4 Å². The summed E-state index contributed by atoms with van der Waals surface area (Å²) in [6.07, 6.45) is 6.81. The lowest BCUT2D eigenvalue weighted by Crippen LogP contribution is -2.60. The van der Waals surface area contributed by atoms with E-state index in [1.54, 1.807) is 13.8 Å². The fraction of sp³-hybridized carbons (Fsp3) is 0.857. The van der Waals surface area contributed by atoms with Crippen molar-refractivity contribution in [2.45, 2.75) is 92.4 Å². The van der Waals surface area contributed by atoms with Gasteiger partial charge in [0.1, 0.15) is 17.3 Å². The van der Waals surface area contributed by atoms with E-state index in [9.17, 15) is 19.2 Å². The third kappa shape index (κ3) is 3.82. The normalized spacial score (nSPS) is 45.5. The Morgan fingerprint density at radius 3 is 2.33 bits per heavy atom. The summed E-state index contributed by atoms with van der Waals surface area (Å²) in [7, 11) is 0. The fourth-order valence-corrected chi connectivity index (χ4v) is 9.28. The summed E-state index contributed by atoms with van der Waals surface area (Å²) in [5, 5.41) is 9.17. The summed E-state index contributed by atoms with van der Waals surface area (Å²) in [6.45, 7) is 10.0. The van der Waals surface area contributed by atoms with Crippen molar-refractivity contribution in [3.63, 3.8) is 0 Å². The van der Waals surface area contributed by atoms with Crippen LogP contribution in [0.1, 0.15) is 92.4 Å². The Hall–Kier alpha value is -1.52. The molecule has 5 nitrogen and oxygen atoms in total. The van der Waals surface area contributed by atoms with Gasteiger partial charge in [-0.15, -0.1) is 0 Å². The van der Waals surface area contributed by atoms with Gasteiger partial charge in [-0.3, -0.25) is 19.2 Å². The van der Waals surface area contributed by atoms with Crippen molar-refractivity contribution < 1.29 is 24.3 Å². The van der Waals surface area contributed by atoms with Crippen LogP contribution in [0.4, 0.5) is 0 Å². The van der Waals surface area contributed by atoms with E-state index in [4.69, 9.17) is 5.11 Å². The van der Waals surface area contributed by atoms with Gasteiger partial charge in [-0.2, -0.15) is 0 Å². The molecule has 10 atom stereocenters. The van der Waals surface area contributed by atoms with Gasteiger partial charge in [-0.05, 0) is 99.7 Å². The molecule has 4 rings (SSSR count). The molecule has 4 aliphatic rings. The Labute approximate surface area is 198 Å². The summed E-state index contributed by atoms with van der Waals surface area (Å²) in [6, 6.07) is 0. The van der Waals surface area contributed by atoms with Crippen LogP contribution in [-0.2, 0) is 19.2 Å². The van der Waals surface area contributed by atoms with Crippen LogP contribution in [0.2, 0.25) is 0 Å². The minimum Gasteiger partial charge on any atom is -0.481 e. The lowest BCUT2D eigenvalue weighted by molar-refractivity contribution is -0.172. The van der Waals surface area contributed by atoms with Gasteiger partial charge in [0.05, 0.1) is 0 Å². The van der Waals surface area contributed by atoms with Crippen LogP contribution in [-0.4, -0.2) is 28.4 Å². The lowest BCUT2D eigenvalue weighted by atomic mass is 9.41. The number of ketones is 3. The largest absolute Gasteiger partial charge is 0.481 e. The molecular formula is C28H42O5. The summed E-state index contributed by atoms with van der Waals surface area (Å²) in [4.78, 5) is 50.2. The second kappa shape index (κ2) is 8.61. The maximum absolute atomic E-state index is 13.9. The molecule has 0 radical (unpaired) electrons. The van der Waals surface area contributed by atoms with E-state index in [1.165, 1.54) is 0 Å². The number of hydrogen-bond acceptors (Lipinski definition) is 4. The van der Waals surface area contributed by atoms with Gasteiger partial charge in [-0.1, -0.05) is 20.8 Å². The quantitative estimate of drug-likeness (QED) is 0.580. The second-order valence-electron chi connectivity index (χ2n) is 12.5. The first-order valence-electron chi connectivity index (χ1n) is 13.2. The third-order valence-electron chi connectivity index (χ3n) is 11.2. The van der Waals surface area contributed by atoms with E-state index in [2.05, 4.69) is 20.8 Å². The predicted molar refractivity (Wildman–Crippen MR) is 125 cm³/mol. The highest BCUT2D eigenvalue weighted by Crippen LogP contribution is 2.69. The van der Waals surface area contributed by atoms with Crippen LogP contribution in [0.5, 0.6) is 0 Å². The summed E-state index contributed by atoms with van der Waals surface area (Å²) >= 11 is 0. The van der Waals surface area contributed by atoms with Crippen molar-refractivity contribution >= 4 is 23.3 Å². The first kappa shape index (κ1) is 24.6. The predicted octanol–water partition coefficient (Wildman–Crippen LogP) is 5.35. The molecule has 3 unspecified atom stereocenters. The zero-order valence-corrected chi connectivity index (χ0v) is 21.1. The molecule has 0 spiro atoms. The number of carbonyl (C=O) groups is 4. The number of rotatable bonds is 6. The van der Waals surface area contributed by atoms with Crippen LogP contribution < -0.4 is 0 Å². The van der Waals surface area contributed by atoms with Gasteiger partial charge in [-0.25, -0.2) is 0 Å². The molecule has 5 heteroatoms. The van der Waals surface area contributed by atoms with E-state index >= 15 is 0 Å². The molecular weight excluding hydrogens is 416 g/mol. The van der Waals surface area contributed by atoms with Crippen LogP contribution in [0.25, 0.3) is 0 Å². The number of hydrogen-bond donors (Lipinski definition) is 1. The first-order valence-corrected chi connectivity index (χ1v) is 13.2. The number of fused-ring (bicyclic) bond motifs is 5. The molecule has 0 saturated heterocycles. The van der Waals surface area contributed by atoms with Crippen molar-refractivity contribution in [1.29, 1.82) is 0 Å². The molecule has 4 aliphatic carbocycles. The van der Waals surface area contributed by atoms with Gasteiger partial charge in [0, 0.05) is 30.1 Å². The van der Waals surface area contributed by atoms with Gasteiger partial charge >= 0.3 is 5.97 Å². The van der Waals surface area contributed by atoms with E-state index in [0.29, 0.717) is 24.5 Å². The van der Waals surface area contributed by atoms with Crippen LogP contribution >= 0.6 is 0 Å². The molecule has 0 bridgehead atoms. The highest BCUT2D eigenvalue weighted by Gasteiger charge is 2.66. The van der Waals surface area contributed by atoms with Gasteiger partial charge in [0.25, 0.3) is 0 Å². The third-order valence-corrected chi connectivity index (χ3v) is 11.2. The molecule has 0 aromatic carbocycles. The SMILES string of the molecule is CC(=O)C1CC[C@@]2(C)C(C1)CC(C(C)=O)[C@H]1[C@@H]3CC[C@H]([C@H](C)CCC(=O)O)[C@@]3(C)C(=O)C[C@@H]12. The molecule has 0 aliphatic heterocycles. The topological polar surface area (TPSA) is 88.5 Å². The van der Waals surface area contributed by atoms with Crippen LogP contribution in [0, 0.1) is 58.2 Å². The monoisotopic (exact) mass is 458 g/mol. The average Bonchev–Trinajstić information content (AvgIpc) is 3.10. The molecule has 184 valence electrons. The van der Waals surface area contributed by atoms with Crippen molar-refractivity contribution in [3.8, 4) is 0 Å². The Balaban J connectivity index is 1.67. The zero-order valence-electron chi connectivity index (χ0n) is 21.1. The van der Waals surface area contributed by atoms with Crippen molar-refractivity contribution in [2.24, 2.45) is 58.2 Å². The minimum absolute atomic E-state index is 0.0204. The van der Waals surface area contributed by atoms with Crippen molar-refractivity contribution in [1.82, 2.24) is 0 Å². The van der Waals surface area contributed by atoms with Crippen LogP contribution in [0.15, 0.2) is 0 Å². The first-order chi connectivity index (χ1) is 15.4. The van der Waals surface area contributed by atoms with E-state index in [-0.39, 0.29) is 64.8 Å². The van der Waals surface area contributed by atoms with E-state index in [0.717, 1.165) is 38.5 Å².